The van der Waals surface area contributed by atoms with Gasteiger partial charge in [0.1, 0.15) is 0 Å². The first-order valence-corrected chi connectivity index (χ1v) is 7.63. The van der Waals surface area contributed by atoms with Gasteiger partial charge in [0.25, 0.3) is 0 Å². The first-order chi connectivity index (χ1) is 8.90. The zero-order chi connectivity index (χ0) is 12.4. The molecule has 0 N–H and O–H groups in total. The third-order valence-electron chi connectivity index (χ3n) is 2.57. The van der Waals surface area contributed by atoms with E-state index in [9.17, 15) is 0 Å². The first kappa shape index (κ1) is 12.0. The van der Waals surface area contributed by atoms with Crippen molar-refractivity contribution in [2.24, 2.45) is 0 Å². The molecule has 18 heavy (non-hydrogen) atoms. The summed E-state index contributed by atoms with van der Waals surface area (Å²) in [6.45, 7) is 3.52. The van der Waals surface area contributed by atoms with Gasteiger partial charge in [0.2, 0.25) is 4.96 Å². The van der Waals surface area contributed by atoms with E-state index < -0.39 is 0 Å². The first-order valence-electron chi connectivity index (χ1n) is 5.83. The van der Waals surface area contributed by atoms with Gasteiger partial charge in [-0.3, -0.25) is 4.40 Å². The highest BCUT2D eigenvalue weighted by atomic mass is 32.2. The molecule has 0 radical (unpaired) electrons. The van der Waals surface area contributed by atoms with Crippen LogP contribution < -0.4 is 0 Å². The highest BCUT2D eigenvalue weighted by Crippen LogP contribution is 2.29. The van der Waals surface area contributed by atoms with Gasteiger partial charge in [-0.2, -0.15) is 0 Å². The standard InChI is InChI=1S/C12H13N3OS2/c1-2-16-7-8-17-11-13-14-12-15(11)9-5-3-4-6-10(9)18-12/h3-6H,2,7-8H2,1H3. The minimum Gasteiger partial charge on any atom is -0.381 e. The molecule has 6 heteroatoms. The molecule has 0 fully saturated rings. The normalized spacial score (nSPS) is 11.6. The third-order valence-corrected chi connectivity index (χ3v) is 4.48. The average molecular weight is 279 g/mol. The van der Waals surface area contributed by atoms with Crippen LogP contribution in [0.25, 0.3) is 15.2 Å². The van der Waals surface area contributed by atoms with Gasteiger partial charge in [0, 0.05) is 12.4 Å². The fourth-order valence-corrected chi connectivity index (χ4v) is 3.60. The maximum absolute atomic E-state index is 5.34. The molecule has 1 aromatic carbocycles. The summed E-state index contributed by atoms with van der Waals surface area (Å²) in [6.07, 6.45) is 0. The highest BCUT2D eigenvalue weighted by molar-refractivity contribution is 7.99. The maximum Gasteiger partial charge on any atom is 0.217 e. The Hall–Kier alpha value is -1.11. The van der Waals surface area contributed by atoms with E-state index in [1.54, 1.807) is 23.1 Å². The Labute approximate surface area is 113 Å². The number of thioether (sulfide) groups is 1. The van der Waals surface area contributed by atoms with E-state index in [0.29, 0.717) is 0 Å². The summed E-state index contributed by atoms with van der Waals surface area (Å²) < 4.78 is 8.70. The SMILES string of the molecule is CCOCCSc1nnc2sc3ccccc3n12. The van der Waals surface area contributed by atoms with Crippen LogP contribution in [0.4, 0.5) is 0 Å². The van der Waals surface area contributed by atoms with Gasteiger partial charge in [-0.1, -0.05) is 35.2 Å². The minimum absolute atomic E-state index is 0.748. The summed E-state index contributed by atoms with van der Waals surface area (Å²) in [5.41, 5.74) is 1.18. The molecule has 0 bridgehead atoms. The van der Waals surface area contributed by atoms with E-state index in [1.807, 2.05) is 19.1 Å². The summed E-state index contributed by atoms with van der Waals surface area (Å²) in [5, 5.41) is 9.40. The third kappa shape index (κ3) is 2.11. The van der Waals surface area contributed by atoms with Crippen molar-refractivity contribution < 1.29 is 4.74 Å². The molecule has 0 aliphatic rings. The molecule has 94 valence electrons. The number of nitrogens with zero attached hydrogens (tertiary/aromatic N) is 3. The second kappa shape index (κ2) is 5.26. The summed E-state index contributed by atoms with van der Waals surface area (Å²) in [5.74, 6) is 0.902. The van der Waals surface area contributed by atoms with Crippen LogP contribution in [0.5, 0.6) is 0 Å². The fraction of sp³-hybridized carbons (Fsp3) is 0.333. The highest BCUT2D eigenvalue weighted by Gasteiger charge is 2.11. The summed E-state index contributed by atoms with van der Waals surface area (Å²) in [7, 11) is 0. The molecule has 0 spiro atoms. The van der Waals surface area contributed by atoms with Crippen LogP contribution in [0.1, 0.15) is 6.92 Å². The Morgan fingerprint density at radius 1 is 1.33 bits per heavy atom. The van der Waals surface area contributed by atoms with Crippen LogP contribution in [-0.4, -0.2) is 33.6 Å². The molecular formula is C12H13N3OS2. The van der Waals surface area contributed by atoms with Gasteiger partial charge in [-0.15, -0.1) is 10.2 Å². The molecule has 3 aromatic rings. The number of hydrogen-bond donors (Lipinski definition) is 0. The number of rotatable bonds is 5. The Morgan fingerprint density at radius 3 is 3.11 bits per heavy atom. The Morgan fingerprint density at radius 2 is 2.22 bits per heavy atom. The molecule has 0 aliphatic heterocycles. The minimum atomic E-state index is 0.748. The number of aromatic nitrogens is 3. The predicted octanol–water partition coefficient (Wildman–Crippen LogP) is 3.07. The molecule has 0 unspecified atom stereocenters. The lowest BCUT2D eigenvalue weighted by molar-refractivity contribution is 0.164. The summed E-state index contributed by atoms with van der Waals surface area (Å²) in [4.78, 5) is 0.954. The monoisotopic (exact) mass is 279 g/mol. The van der Waals surface area contributed by atoms with E-state index in [4.69, 9.17) is 4.74 Å². The van der Waals surface area contributed by atoms with E-state index in [0.717, 1.165) is 29.1 Å². The summed E-state index contributed by atoms with van der Waals surface area (Å²) in [6, 6.07) is 8.31. The van der Waals surface area contributed by atoms with E-state index >= 15 is 0 Å². The van der Waals surface area contributed by atoms with Crippen molar-refractivity contribution in [3.63, 3.8) is 0 Å². The predicted molar refractivity (Wildman–Crippen MR) is 75.6 cm³/mol. The molecular weight excluding hydrogens is 266 g/mol. The van der Waals surface area contributed by atoms with Crippen molar-refractivity contribution in [1.82, 2.24) is 14.6 Å². The molecule has 2 heterocycles. The van der Waals surface area contributed by atoms with Gasteiger partial charge < -0.3 is 4.74 Å². The zero-order valence-corrected chi connectivity index (χ0v) is 11.6. The van der Waals surface area contributed by atoms with Crippen molar-refractivity contribution in [3.8, 4) is 0 Å². The van der Waals surface area contributed by atoms with Crippen molar-refractivity contribution >= 4 is 38.3 Å². The molecule has 0 aliphatic carbocycles. The van der Waals surface area contributed by atoms with E-state index in [1.165, 1.54) is 10.2 Å². The van der Waals surface area contributed by atoms with Crippen molar-refractivity contribution in [2.75, 3.05) is 19.0 Å². The lowest BCUT2D eigenvalue weighted by atomic mass is 10.3. The average Bonchev–Trinajstić information content (AvgIpc) is 2.94. The Kier molecular flexibility index (Phi) is 3.49. The smallest absolute Gasteiger partial charge is 0.217 e. The largest absolute Gasteiger partial charge is 0.381 e. The second-order valence-corrected chi connectivity index (χ2v) is 5.79. The van der Waals surface area contributed by atoms with Crippen molar-refractivity contribution in [2.45, 2.75) is 12.1 Å². The molecule has 0 saturated carbocycles. The van der Waals surface area contributed by atoms with Gasteiger partial charge in [-0.25, -0.2) is 0 Å². The second-order valence-electron chi connectivity index (χ2n) is 3.72. The number of benzene rings is 1. The van der Waals surface area contributed by atoms with Crippen LogP contribution >= 0.6 is 23.1 Å². The quantitative estimate of drug-likeness (QED) is 0.531. The van der Waals surface area contributed by atoms with Crippen LogP contribution in [0.3, 0.4) is 0 Å². The molecule has 0 saturated heterocycles. The number of hydrogen-bond acceptors (Lipinski definition) is 5. The van der Waals surface area contributed by atoms with Gasteiger partial charge in [0.15, 0.2) is 5.16 Å². The van der Waals surface area contributed by atoms with Crippen LogP contribution in [0.15, 0.2) is 29.4 Å². The number of ether oxygens (including phenoxy) is 1. The molecule has 0 amide bonds. The lowest BCUT2D eigenvalue weighted by Gasteiger charge is -2.00. The number of para-hydroxylation sites is 1. The number of thiazole rings is 1. The van der Waals surface area contributed by atoms with Crippen LogP contribution in [0.2, 0.25) is 0 Å². The lowest BCUT2D eigenvalue weighted by Crippen LogP contribution is -1.97. The van der Waals surface area contributed by atoms with Crippen molar-refractivity contribution in [1.29, 1.82) is 0 Å². The van der Waals surface area contributed by atoms with Gasteiger partial charge in [-0.05, 0) is 19.1 Å². The molecule has 0 atom stereocenters. The Balaban J connectivity index is 1.92. The summed E-state index contributed by atoms with van der Waals surface area (Å²) >= 11 is 3.36. The number of fused-ring (bicyclic) bond motifs is 3. The van der Waals surface area contributed by atoms with Gasteiger partial charge >= 0.3 is 0 Å². The van der Waals surface area contributed by atoms with Crippen LogP contribution in [-0.2, 0) is 4.74 Å². The fourth-order valence-electron chi connectivity index (χ4n) is 1.79. The molecule has 4 nitrogen and oxygen atoms in total. The van der Waals surface area contributed by atoms with E-state index in [-0.39, 0.29) is 0 Å². The maximum atomic E-state index is 5.34. The zero-order valence-electron chi connectivity index (χ0n) is 10.00. The van der Waals surface area contributed by atoms with Crippen LogP contribution in [0, 0.1) is 0 Å². The van der Waals surface area contributed by atoms with Gasteiger partial charge in [0.05, 0.1) is 16.8 Å². The Bertz CT molecular complexity index is 661. The molecule has 3 rings (SSSR count). The van der Waals surface area contributed by atoms with E-state index in [2.05, 4.69) is 26.7 Å². The topological polar surface area (TPSA) is 39.4 Å². The molecule has 2 aromatic heterocycles. The van der Waals surface area contributed by atoms with Crippen molar-refractivity contribution in [3.05, 3.63) is 24.3 Å².